The van der Waals surface area contributed by atoms with Crippen molar-refractivity contribution in [2.24, 2.45) is 17.8 Å². The summed E-state index contributed by atoms with van der Waals surface area (Å²) < 4.78 is 9.14. The summed E-state index contributed by atoms with van der Waals surface area (Å²) in [4.78, 5) is 22.7. The second-order valence-electron chi connectivity index (χ2n) is 4.30. The van der Waals surface area contributed by atoms with E-state index in [0.29, 0.717) is 6.42 Å². The molecule has 0 bridgehead atoms. The standard InChI is InChI=1S/C12H19NO4/c1-8(2)5-9(6-11(14)16-3)10(7-13)12(15)17-4/h8-10H,5-6H2,1-4H3. The average molecular weight is 241 g/mol. The van der Waals surface area contributed by atoms with Crippen molar-refractivity contribution in [1.29, 1.82) is 5.26 Å². The molecule has 0 aliphatic carbocycles. The molecule has 0 saturated heterocycles. The van der Waals surface area contributed by atoms with Gasteiger partial charge in [0.2, 0.25) is 0 Å². The zero-order chi connectivity index (χ0) is 13.4. The first-order chi connectivity index (χ1) is 7.96. The van der Waals surface area contributed by atoms with Gasteiger partial charge in [0.1, 0.15) is 5.92 Å². The van der Waals surface area contributed by atoms with E-state index >= 15 is 0 Å². The molecular formula is C12H19NO4. The minimum atomic E-state index is -0.915. The Hall–Kier alpha value is -1.57. The number of carbonyl (C=O) groups excluding carboxylic acids is 2. The van der Waals surface area contributed by atoms with Crippen molar-refractivity contribution in [2.75, 3.05) is 14.2 Å². The molecule has 0 rings (SSSR count). The van der Waals surface area contributed by atoms with Gasteiger partial charge >= 0.3 is 11.9 Å². The fourth-order valence-electron chi connectivity index (χ4n) is 1.72. The molecule has 0 radical (unpaired) electrons. The Morgan fingerprint density at radius 1 is 1.24 bits per heavy atom. The van der Waals surface area contributed by atoms with Crippen LogP contribution in [0, 0.1) is 29.1 Å². The van der Waals surface area contributed by atoms with Crippen molar-refractivity contribution in [3.8, 4) is 6.07 Å². The van der Waals surface area contributed by atoms with E-state index in [4.69, 9.17) is 5.26 Å². The SMILES string of the molecule is COC(=O)CC(CC(C)C)C(C#N)C(=O)OC. The maximum absolute atomic E-state index is 11.4. The van der Waals surface area contributed by atoms with Crippen LogP contribution in [-0.2, 0) is 19.1 Å². The van der Waals surface area contributed by atoms with E-state index in [-0.39, 0.29) is 18.3 Å². The average Bonchev–Trinajstić information content (AvgIpc) is 2.28. The molecule has 0 heterocycles. The predicted octanol–water partition coefficient (Wildman–Crippen LogP) is 1.52. The molecule has 0 aliphatic rings. The van der Waals surface area contributed by atoms with Gasteiger partial charge in [0.25, 0.3) is 0 Å². The van der Waals surface area contributed by atoms with Crippen LogP contribution in [0.1, 0.15) is 26.7 Å². The highest BCUT2D eigenvalue weighted by Gasteiger charge is 2.31. The minimum Gasteiger partial charge on any atom is -0.469 e. The normalized spacial score (nSPS) is 13.6. The van der Waals surface area contributed by atoms with E-state index in [1.54, 1.807) is 0 Å². The van der Waals surface area contributed by atoms with Gasteiger partial charge in [-0.25, -0.2) is 0 Å². The first-order valence-electron chi connectivity index (χ1n) is 5.50. The molecule has 5 nitrogen and oxygen atoms in total. The predicted molar refractivity (Wildman–Crippen MR) is 60.7 cm³/mol. The molecule has 96 valence electrons. The molecule has 0 aliphatic heterocycles. The first kappa shape index (κ1) is 15.4. The summed E-state index contributed by atoms with van der Waals surface area (Å²) in [5.41, 5.74) is 0. The lowest BCUT2D eigenvalue weighted by Gasteiger charge is -2.20. The van der Waals surface area contributed by atoms with Crippen LogP contribution in [0.3, 0.4) is 0 Å². The van der Waals surface area contributed by atoms with Crippen LogP contribution in [0.25, 0.3) is 0 Å². The monoisotopic (exact) mass is 241 g/mol. The third-order valence-electron chi connectivity index (χ3n) is 2.50. The van der Waals surface area contributed by atoms with Gasteiger partial charge in [0, 0.05) is 0 Å². The lowest BCUT2D eigenvalue weighted by molar-refractivity contribution is -0.147. The molecule has 2 atom stereocenters. The molecule has 0 N–H and O–H groups in total. The third-order valence-corrected chi connectivity index (χ3v) is 2.50. The molecule has 17 heavy (non-hydrogen) atoms. The highest BCUT2D eigenvalue weighted by molar-refractivity contribution is 5.77. The van der Waals surface area contributed by atoms with Gasteiger partial charge in [-0.2, -0.15) is 5.26 Å². The highest BCUT2D eigenvalue weighted by atomic mass is 16.5. The summed E-state index contributed by atoms with van der Waals surface area (Å²) in [7, 11) is 2.52. The number of nitrogens with zero attached hydrogens (tertiary/aromatic N) is 1. The van der Waals surface area contributed by atoms with Crippen molar-refractivity contribution in [2.45, 2.75) is 26.7 Å². The van der Waals surface area contributed by atoms with Crippen LogP contribution in [0.4, 0.5) is 0 Å². The molecule has 0 saturated carbocycles. The van der Waals surface area contributed by atoms with Crippen molar-refractivity contribution < 1.29 is 19.1 Å². The first-order valence-corrected chi connectivity index (χ1v) is 5.50. The molecule has 0 aromatic rings. The van der Waals surface area contributed by atoms with Crippen molar-refractivity contribution in [3.05, 3.63) is 0 Å². The molecule has 0 fully saturated rings. The van der Waals surface area contributed by atoms with Crippen molar-refractivity contribution in [1.82, 2.24) is 0 Å². The van der Waals surface area contributed by atoms with Crippen LogP contribution < -0.4 is 0 Å². The Morgan fingerprint density at radius 3 is 2.18 bits per heavy atom. The summed E-state index contributed by atoms with van der Waals surface area (Å²) in [5, 5.41) is 8.99. The second-order valence-corrected chi connectivity index (χ2v) is 4.30. The second kappa shape index (κ2) is 7.66. The highest BCUT2D eigenvalue weighted by Crippen LogP contribution is 2.25. The van der Waals surface area contributed by atoms with E-state index in [9.17, 15) is 9.59 Å². The molecule has 0 aromatic carbocycles. The lowest BCUT2D eigenvalue weighted by Crippen LogP contribution is -2.27. The van der Waals surface area contributed by atoms with E-state index < -0.39 is 17.9 Å². The number of hydrogen-bond donors (Lipinski definition) is 0. The van der Waals surface area contributed by atoms with Crippen LogP contribution >= 0.6 is 0 Å². The topological polar surface area (TPSA) is 76.4 Å². The molecule has 0 amide bonds. The Labute approximate surface area is 102 Å². The smallest absolute Gasteiger partial charge is 0.323 e. The molecule has 5 heteroatoms. The maximum atomic E-state index is 11.4. The van der Waals surface area contributed by atoms with Gasteiger partial charge in [0.05, 0.1) is 26.7 Å². The largest absolute Gasteiger partial charge is 0.469 e. The third kappa shape index (κ3) is 5.34. The van der Waals surface area contributed by atoms with Crippen LogP contribution in [0.5, 0.6) is 0 Å². The summed E-state index contributed by atoms with van der Waals surface area (Å²) in [5.74, 6) is -2.01. The number of carbonyl (C=O) groups is 2. The van der Waals surface area contributed by atoms with Crippen LogP contribution in [0.2, 0.25) is 0 Å². The summed E-state index contributed by atoms with van der Waals surface area (Å²) in [6, 6.07) is 1.91. The van der Waals surface area contributed by atoms with Crippen molar-refractivity contribution >= 4 is 11.9 Å². The zero-order valence-corrected chi connectivity index (χ0v) is 10.7. The van der Waals surface area contributed by atoms with Crippen LogP contribution in [-0.4, -0.2) is 26.2 Å². The quantitative estimate of drug-likeness (QED) is 0.659. The summed E-state index contributed by atoms with van der Waals surface area (Å²) >= 11 is 0. The number of rotatable bonds is 6. The van der Waals surface area contributed by atoms with E-state index in [2.05, 4.69) is 9.47 Å². The number of esters is 2. The van der Waals surface area contributed by atoms with E-state index in [0.717, 1.165) is 0 Å². The van der Waals surface area contributed by atoms with Gasteiger partial charge in [-0.1, -0.05) is 13.8 Å². The Balaban J connectivity index is 4.81. The number of hydrogen-bond acceptors (Lipinski definition) is 5. The van der Waals surface area contributed by atoms with E-state index in [1.807, 2.05) is 19.9 Å². The lowest BCUT2D eigenvalue weighted by atomic mass is 9.84. The molecule has 0 spiro atoms. The molecule has 0 aromatic heterocycles. The Morgan fingerprint density at radius 2 is 1.82 bits per heavy atom. The molecule has 2 unspecified atom stereocenters. The van der Waals surface area contributed by atoms with Crippen LogP contribution in [0.15, 0.2) is 0 Å². The Bertz CT molecular complexity index is 306. The summed E-state index contributed by atoms with van der Waals surface area (Å²) in [6.07, 6.45) is 0.657. The van der Waals surface area contributed by atoms with Gasteiger partial charge in [-0.05, 0) is 18.3 Å². The summed E-state index contributed by atoms with van der Waals surface area (Å²) in [6.45, 7) is 3.94. The molecular weight excluding hydrogens is 222 g/mol. The van der Waals surface area contributed by atoms with Crippen molar-refractivity contribution in [3.63, 3.8) is 0 Å². The minimum absolute atomic E-state index is 0.0575. The Kier molecular flexibility index (Phi) is 6.95. The zero-order valence-electron chi connectivity index (χ0n) is 10.7. The van der Waals surface area contributed by atoms with Gasteiger partial charge in [-0.3, -0.25) is 9.59 Å². The number of methoxy groups -OCH3 is 2. The fraction of sp³-hybridized carbons (Fsp3) is 0.750. The van der Waals surface area contributed by atoms with Gasteiger partial charge in [0.15, 0.2) is 0 Å². The number of ether oxygens (including phenoxy) is 2. The van der Waals surface area contributed by atoms with E-state index in [1.165, 1.54) is 14.2 Å². The fourth-order valence-corrected chi connectivity index (χ4v) is 1.72. The maximum Gasteiger partial charge on any atom is 0.323 e. The number of nitriles is 1. The van der Waals surface area contributed by atoms with Gasteiger partial charge < -0.3 is 9.47 Å². The van der Waals surface area contributed by atoms with Gasteiger partial charge in [-0.15, -0.1) is 0 Å².